The number of ether oxygens (including phenoxy) is 4. The van der Waals surface area contributed by atoms with Crippen molar-refractivity contribution < 1.29 is 41.9 Å². The summed E-state index contributed by atoms with van der Waals surface area (Å²) in [5, 5.41) is 0. The monoisotopic (exact) mass is 428 g/mol. The molecule has 0 aliphatic heterocycles. The van der Waals surface area contributed by atoms with Crippen LogP contribution in [-0.4, -0.2) is 71.5 Å². The maximum absolute atomic E-state index is 12.7. The normalized spacial score (nSPS) is 14.0. The largest absolute Gasteiger partial charge is 0.475 e. The maximum atomic E-state index is 12.7. The van der Waals surface area contributed by atoms with Gasteiger partial charge in [-0.05, 0) is 33.6 Å². The quantitative estimate of drug-likeness (QED) is 0.185. The van der Waals surface area contributed by atoms with E-state index in [1.54, 1.807) is 20.8 Å². The number of esters is 1. The Labute approximate surface area is 168 Å². The summed E-state index contributed by atoms with van der Waals surface area (Å²) in [7, 11) is -2.46. The molecule has 0 aromatic rings. The average Bonchev–Trinajstić information content (AvgIpc) is 2.61. The molecule has 0 aliphatic rings. The van der Waals surface area contributed by atoms with E-state index in [0.717, 1.165) is 13.0 Å². The van der Waals surface area contributed by atoms with E-state index in [9.17, 15) is 9.36 Å². The van der Waals surface area contributed by atoms with Crippen molar-refractivity contribution in [2.75, 3.05) is 60.0 Å². The molecule has 0 bridgehead atoms. The molecular formula is C18H37O9P. The number of carbonyl (C=O) groups excluding carboxylic acids is 1. The lowest BCUT2D eigenvalue weighted by Gasteiger charge is -2.26. The zero-order valence-corrected chi connectivity index (χ0v) is 18.8. The molecule has 0 rings (SSSR count). The van der Waals surface area contributed by atoms with E-state index in [4.69, 9.17) is 27.8 Å². The van der Waals surface area contributed by atoms with Crippen LogP contribution in [0.1, 0.15) is 47.0 Å². The average molecular weight is 428 g/mol. The Bertz CT molecular complexity index is 437. The summed E-state index contributed by atoms with van der Waals surface area (Å²) in [6.45, 7) is 10.3. The van der Waals surface area contributed by atoms with E-state index in [2.05, 4.69) is 11.7 Å². The fourth-order valence-corrected chi connectivity index (χ4v) is 3.32. The fraction of sp³-hybridized carbons (Fsp3) is 0.944. The van der Waals surface area contributed by atoms with E-state index in [-0.39, 0.29) is 32.2 Å². The second-order valence-electron chi connectivity index (χ2n) is 6.83. The zero-order valence-electron chi connectivity index (χ0n) is 17.9. The topological polar surface area (TPSA) is 98.8 Å². The number of hydrogen-bond acceptors (Lipinski definition) is 9. The zero-order chi connectivity index (χ0) is 21.3. The van der Waals surface area contributed by atoms with Gasteiger partial charge in [-0.2, -0.15) is 0 Å². The van der Waals surface area contributed by atoms with Crippen molar-refractivity contribution in [2.24, 2.45) is 0 Å². The maximum Gasteiger partial charge on any atom is 0.475 e. The van der Waals surface area contributed by atoms with Crippen molar-refractivity contribution in [3.63, 3.8) is 0 Å². The van der Waals surface area contributed by atoms with Crippen LogP contribution in [0.3, 0.4) is 0 Å². The summed E-state index contributed by atoms with van der Waals surface area (Å²) in [5.41, 5.74) is -0.716. The Morgan fingerprint density at radius 3 is 1.82 bits per heavy atom. The lowest BCUT2D eigenvalue weighted by atomic mass is 10.2. The van der Waals surface area contributed by atoms with Crippen LogP contribution in [0.15, 0.2) is 0 Å². The Kier molecular flexibility index (Phi) is 16.0. The van der Waals surface area contributed by atoms with Crippen LogP contribution in [0.25, 0.3) is 0 Å². The van der Waals surface area contributed by atoms with Gasteiger partial charge in [0.25, 0.3) is 0 Å². The van der Waals surface area contributed by atoms with E-state index < -0.39 is 13.4 Å². The lowest BCUT2D eigenvalue weighted by molar-refractivity contribution is -0.140. The summed E-state index contributed by atoms with van der Waals surface area (Å²) in [5.74, 6) is -0.358. The number of phosphoric acid groups is 1. The van der Waals surface area contributed by atoms with Crippen molar-refractivity contribution in [1.29, 1.82) is 0 Å². The number of hydrogen-bond donors (Lipinski definition) is 0. The van der Waals surface area contributed by atoms with Crippen LogP contribution in [0, 0.1) is 0 Å². The predicted octanol–water partition coefficient (Wildman–Crippen LogP) is 3.36. The summed E-state index contributed by atoms with van der Waals surface area (Å²) in [6, 6.07) is 0. The van der Waals surface area contributed by atoms with Gasteiger partial charge in [-0.1, -0.05) is 6.92 Å². The number of rotatable bonds is 18. The molecule has 0 fully saturated rings. The molecule has 0 aliphatic carbocycles. The van der Waals surface area contributed by atoms with E-state index in [1.807, 2.05) is 0 Å². The first-order chi connectivity index (χ1) is 13.2. The Hall–Kier alpha value is -0.540. The third-order valence-electron chi connectivity index (χ3n) is 2.96. The molecule has 1 atom stereocenters. The molecule has 0 amide bonds. The second-order valence-corrected chi connectivity index (χ2v) is 8.43. The second kappa shape index (κ2) is 16.3. The SMILES string of the molecule is CCCOCCOCCOCCOP(=O)(OCCCC(=O)OC)OC(C)(C)C. The molecule has 1 unspecified atom stereocenters. The van der Waals surface area contributed by atoms with Gasteiger partial charge < -0.3 is 18.9 Å². The molecule has 28 heavy (non-hydrogen) atoms. The highest BCUT2D eigenvalue weighted by Crippen LogP contribution is 2.52. The Morgan fingerprint density at radius 2 is 1.32 bits per heavy atom. The van der Waals surface area contributed by atoms with E-state index >= 15 is 0 Å². The third-order valence-corrected chi connectivity index (χ3v) is 4.73. The predicted molar refractivity (Wildman–Crippen MR) is 104 cm³/mol. The minimum Gasteiger partial charge on any atom is -0.469 e. The van der Waals surface area contributed by atoms with Crippen LogP contribution in [-0.2, 0) is 41.9 Å². The number of carbonyl (C=O) groups is 1. The fourth-order valence-electron chi connectivity index (χ4n) is 1.81. The van der Waals surface area contributed by atoms with Gasteiger partial charge in [0, 0.05) is 13.0 Å². The summed E-state index contributed by atoms with van der Waals surface area (Å²) >= 11 is 0. The molecule has 0 aromatic heterocycles. The summed E-state index contributed by atoms with van der Waals surface area (Å²) in [6.07, 6.45) is 1.50. The molecule has 0 aromatic carbocycles. The molecule has 10 heteroatoms. The highest BCUT2D eigenvalue weighted by molar-refractivity contribution is 7.48. The molecule has 0 saturated carbocycles. The van der Waals surface area contributed by atoms with Gasteiger partial charge in [0.1, 0.15) is 0 Å². The first-order valence-electron chi connectivity index (χ1n) is 9.62. The van der Waals surface area contributed by atoms with Crippen molar-refractivity contribution in [3.8, 4) is 0 Å². The summed E-state index contributed by atoms with van der Waals surface area (Å²) in [4.78, 5) is 11.1. The first kappa shape index (κ1) is 27.5. The van der Waals surface area contributed by atoms with Gasteiger partial charge in [-0.3, -0.25) is 18.4 Å². The van der Waals surface area contributed by atoms with Gasteiger partial charge in [-0.25, -0.2) is 4.57 Å². The molecule has 9 nitrogen and oxygen atoms in total. The van der Waals surface area contributed by atoms with Crippen LogP contribution >= 0.6 is 7.82 Å². The van der Waals surface area contributed by atoms with Crippen molar-refractivity contribution >= 4 is 13.8 Å². The molecule has 0 N–H and O–H groups in total. The van der Waals surface area contributed by atoms with Crippen molar-refractivity contribution in [3.05, 3.63) is 0 Å². The van der Waals surface area contributed by atoms with Crippen molar-refractivity contribution in [1.82, 2.24) is 0 Å². The minimum absolute atomic E-state index is 0.0456. The molecule has 0 saturated heterocycles. The van der Waals surface area contributed by atoms with Crippen LogP contribution in [0.5, 0.6) is 0 Å². The Morgan fingerprint density at radius 1 is 0.821 bits per heavy atom. The van der Waals surface area contributed by atoms with Gasteiger partial charge in [0.2, 0.25) is 0 Å². The van der Waals surface area contributed by atoms with Crippen LogP contribution in [0.2, 0.25) is 0 Å². The summed E-state index contributed by atoms with van der Waals surface area (Å²) < 4.78 is 49.4. The van der Waals surface area contributed by atoms with Gasteiger partial charge in [0.15, 0.2) is 0 Å². The molecular weight excluding hydrogens is 391 g/mol. The minimum atomic E-state index is -3.77. The van der Waals surface area contributed by atoms with Crippen LogP contribution in [0.4, 0.5) is 0 Å². The van der Waals surface area contributed by atoms with Gasteiger partial charge >= 0.3 is 13.8 Å². The Balaban J connectivity index is 3.99. The van der Waals surface area contributed by atoms with Gasteiger partial charge in [-0.15, -0.1) is 0 Å². The standard InChI is InChI=1S/C18H37O9P/c1-6-9-22-11-12-23-13-14-24-15-16-26-28(20,27-18(2,3)4)25-10-7-8-17(19)21-5/h6-16H2,1-5H3. The highest BCUT2D eigenvalue weighted by Gasteiger charge is 2.32. The van der Waals surface area contributed by atoms with Gasteiger partial charge in [0.05, 0.1) is 59.0 Å². The van der Waals surface area contributed by atoms with Crippen molar-refractivity contribution in [2.45, 2.75) is 52.6 Å². The number of methoxy groups -OCH3 is 1. The lowest BCUT2D eigenvalue weighted by Crippen LogP contribution is -2.20. The molecule has 168 valence electrons. The third kappa shape index (κ3) is 17.6. The molecule has 0 heterocycles. The van der Waals surface area contributed by atoms with Crippen LogP contribution < -0.4 is 0 Å². The number of phosphoric ester groups is 1. The highest BCUT2D eigenvalue weighted by atomic mass is 31.2. The molecule has 0 radical (unpaired) electrons. The van der Waals surface area contributed by atoms with E-state index in [1.165, 1.54) is 7.11 Å². The smallest absolute Gasteiger partial charge is 0.469 e. The van der Waals surface area contributed by atoms with E-state index in [0.29, 0.717) is 32.8 Å². The molecule has 0 spiro atoms. The first-order valence-corrected chi connectivity index (χ1v) is 11.1.